The second kappa shape index (κ2) is 14.4. The molecule has 1 aromatic heterocycles. The van der Waals surface area contributed by atoms with Crippen LogP contribution in [-0.2, 0) is 0 Å². The Labute approximate surface area is 342 Å². The minimum Gasteiger partial charge on any atom is -0.310 e. The highest BCUT2D eigenvalue weighted by Gasteiger charge is 2.19. The first kappa shape index (κ1) is 34.0. The van der Waals surface area contributed by atoms with Gasteiger partial charge >= 0.3 is 0 Å². The minimum absolute atomic E-state index is 1.10. The second-order valence-electron chi connectivity index (χ2n) is 14.9. The van der Waals surface area contributed by atoms with E-state index in [4.69, 9.17) is 0 Å². The summed E-state index contributed by atoms with van der Waals surface area (Å²) in [6.07, 6.45) is 0. The molecule has 0 bridgehead atoms. The molecule has 0 N–H and O–H groups in total. The van der Waals surface area contributed by atoms with Crippen LogP contribution in [0.5, 0.6) is 0 Å². The number of benzene rings is 10. The van der Waals surface area contributed by atoms with Gasteiger partial charge in [-0.25, -0.2) is 0 Å². The summed E-state index contributed by atoms with van der Waals surface area (Å²) in [7, 11) is 0. The lowest BCUT2D eigenvalue weighted by atomic mass is 9.95. The van der Waals surface area contributed by atoms with Gasteiger partial charge in [-0.05, 0) is 115 Å². The molecule has 0 aliphatic heterocycles. The van der Waals surface area contributed by atoms with Crippen molar-refractivity contribution in [1.29, 1.82) is 0 Å². The Bertz CT molecular complexity index is 3270. The van der Waals surface area contributed by atoms with Crippen LogP contribution in [0.25, 0.3) is 86.2 Å². The lowest BCUT2D eigenvalue weighted by Gasteiger charge is -2.28. The lowest BCUT2D eigenvalue weighted by molar-refractivity contribution is 1.28. The number of hydrogen-bond donors (Lipinski definition) is 0. The van der Waals surface area contributed by atoms with Gasteiger partial charge in [0.2, 0.25) is 0 Å². The Morgan fingerprint density at radius 2 is 0.759 bits per heavy atom. The molecule has 58 heavy (non-hydrogen) atoms. The van der Waals surface area contributed by atoms with Gasteiger partial charge in [-0.2, -0.15) is 0 Å². The van der Waals surface area contributed by atoms with E-state index in [1.54, 1.807) is 0 Å². The normalized spacial score (nSPS) is 11.4. The third-order valence-electron chi connectivity index (χ3n) is 11.5. The molecule has 0 unspecified atom stereocenters. The Morgan fingerprint density at radius 1 is 0.276 bits per heavy atom. The van der Waals surface area contributed by atoms with Gasteiger partial charge in [0.25, 0.3) is 0 Å². The molecular weight excluding hydrogens is 719 g/mol. The van der Waals surface area contributed by atoms with Crippen LogP contribution < -0.4 is 4.90 Å². The quantitative estimate of drug-likeness (QED) is 0.157. The average molecular weight is 756 g/mol. The molecule has 1 heterocycles. The summed E-state index contributed by atoms with van der Waals surface area (Å²) in [6, 6.07) is 82.0. The van der Waals surface area contributed by atoms with E-state index in [0.717, 1.165) is 17.1 Å². The maximum absolute atomic E-state index is 2.41. The third-order valence-corrected chi connectivity index (χ3v) is 12.6. The van der Waals surface area contributed by atoms with E-state index >= 15 is 0 Å². The SMILES string of the molecule is c1cc(-c2ccc(N(c3ccc(-c4cccc5ccccc45)cc3)c3ccccc3-c3ccc4sc5ccccc5c4c3)cc2)cc(-c2cccc3ccccc23)c1. The Morgan fingerprint density at radius 3 is 1.48 bits per heavy atom. The highest BCUT2D eigenvalue weighted by Crippen LogP contribution is 2.44. The first-order chi connectivity index (χ1) is 28.7. The highest BCUT2D eigenvalue weighted by atomic mass is 32.1. The molecule has 1 nitrogen and oxygen atoms in total. The highest BCUT2D eigenvalue weighted by molar-refractivity contribution is 7.25. The summed E-state index contributed by atoms with van der Waals surface area (Å²) in [4.78, 5) is 2.41. The smallest absolute Gasteiger partial charge is 0.0540 e. The van der Waals surface area contributed by atoms with E-state index < -0.39 is 0 Å². The van der Waals surface area contributed by atoms with E-state index in [9.17, 15) is 0 Å². The summed E-state index contributed by atoms with van der Waals surface area (Å²) in [5, 5.41) is 7.64. The molecule has 0 spiro atoms. The maximum atomic E-state index is 2.41. The number of para-hydroxylation sites is 1. The van der Waals surface area contributed by atoms with Gasteiger partial charge in [0.1, 0.15) is 0 Å². The van der Waals surface area contributed by atoms with Crippen LogP contribution in [0.2, 0.25) is 0 Å². The number of anilines is 3. The number of hydrogen-bond acceptors (Lipinski definition) is 2. The van der Waals surface area contributed by atoms with Crippen LogP contribution in [0.4, 0.5) is 17.1 Å². The fourth-order valence-electron chi connectivity index (χ4n) is 8.65. The summed E-state index contributed by atoms with van der Waals surface area (Å²) >= 11 is 1.86. The van der Waals surface area contributed by atoms with Gasteiger partial charge in [0, 0.05) is 37.1 Å². The summed E-state index contributed by atoms with van der Waals surface area (Å²) in [5.74, 6) is 0. The fourth-order valence-corrected chi connectivity index (χ4v) is 9.73. The van der Waals surface area contributed by atoms with E-state index in [-0.39, 0.29) is 0 Å². The summed E-state index contributed by atoms with van der Waals surface area (Å²) in [6.45, 7) is 0. The molecule has 0 saturated heterocycles. The van der Waals surface area contributed by atoms with Crippen LogP contribution in [0, 0.1) is 0 Å². The molecule has 0 amide bonds. The number of fused-ring (bicyclic) bond motifs is 5. The first-order valence-corrected chi connectivity index (χ1v) is 20.6. The summed E-state index contributed by atoms with van der Waals surface area (Å²) in [5.41, 5.74) is 13.0. The zero-order valence-corrected chi connectivity index (χ0v) is 32.5. The lowest BCUT2D eigenvalue weighted by Crippen LogP contribution is -2.11. The van der Waals surface area contributed by atoms with Gasteiger partial charge in [0.15, 0.2) is 0 Å². The van der Waals surface area contributed by atoms with Gasteiger partial charge < -0.3 is 4.90 Å². The molecule has 0 fully saturated rings. The molecule has 272 valence electrons. The van der Waals surface area contributed by atoms with Crippen molar-refractivity contribution in [2.45, 2.75) is 0 Å². The van der Waals surface area contributed by atoms with E-state index in [1.165, 1.54) is 86.2 Å². The van der Waals surface area contributed by atoms with Crippen molar-refractivity contribution in [3.05, 3.63) is 224 Å². The predicted molar refractivity (Wildman–Crippen MR) is 251 cm³/mol. The summed E-state index contributed by atoms with van der Waals surface area (Å²) < 4.78 is 2.63. The molecule has 2 heteroatoms. The molecule has 11 rings (SSSR count). The van der Waals surface area contributed by atoms with Gasteiger partial charge in [-0.3, -0.25) is 0 Å². The van der Waals surface area contributed by atoms with Crippen molar-refractivity contribution in [1.82, 2.24) is 0 Å². The Kier molecular flexibility index (Phi) is 8.42. The zero-order chi connectivity index (χ0) is 38.4. The van der Waals surface area contributed by atoms with Crippen LogP contribution in [0.3, 0.4) is 0 Å². The van der Waals surface area contributed by atoms with Gasteiger partial charge in [0.05, 0.1) is 5.69 Å². The molecule has 0 atom stereocenters. The van der Waals surface area contributed by atoms with E-state index in [1.807, 2.05) is 11.3 Å². The van der Waals surface area contributed by atoms with Crippen molar-refractivity contribution in [3.63, 3.8) is 0 Å². The largest absolute Gasteiger partial charge is 0.310 e. The zero-order valence-electron chi connectivity index (χ0n) is 31.7. The van der Waals surface area contributed by atoms with Crippen LogP contribution in [0.1, 0.15) is 0 Å². The Balaban J connectivity index is 1.02. The van der Waals surface area contributed by atoms with Crippen LogP contribution in [0.15, 0.2) is 224 Å². The van der Waals surface area contributed by atoms with Crippen molar-refractivity contribution in [3.8, 4) is 44.5 Å². The van der Waals surface area contributed by atoms with Crippen molar-refractivity contribution < 1.29 is 0 Å². The Hall–Kier alpha value is -7.26. The molecule has 11 aromatic rings. The molecule has 0 saturated carbocycles. The third kappa shape index (κ3) is 6.03. The van der Waals surface area contributed by atoms with Crippen molar-refractivity contribution in [2.75, 3.05) is 4.90 Å². The molecular formula is C56H37NS. The molecule has 0 aliphatic rings. The van der Waals surface area contributed by atoms with Crippen molar-refractivity contribution in [2.24, 2.45) is 0 Å². The van der Waals surface area contributed by atoms with Crippen molar-refractivity contribution >= 4 is 70.1 Å². The topological polar surface area (TPSA) is 3.24 Å². The standard InChI is InChI=1S/C56H37NS/c1-3-18-47-39(12-1)14-10-22-49(47)41-28-33-46(34-29-41)57(54-24-7-5-20-51(54)44-30-35-56-53(37-44)52-21-6-8-25-55(52)58-56)45-31-26-38(27-32-45)42-16-9-17-43(36-42)50-23-11-15-40-13-2-4-19-48(40)50/h1-37H. The van der Waals surface area contributed by atoms with Crippen LogP contribution >= 0.6 is 11.3 Å². The van der Waals surface area contributed by atoms with Gasteiger partial charge in [-0.1, -0.05) is 170 Å². The van der Waals surface area contributed by atoms with Crippen LogP contribution in [-0.4, -0.2) is 0 Å². The molecule has 0 radical (unpaired) electrons. The minimum atomic E-state index is 1.10. The number of nitrogens with zero attached hydrogens (tertiary/aromatic N) is 1. The maximum Gasteiger partial charge on any atom is 0.0540 e. The fraction of sp³-hybridized carbons (Fsp3) is 0. The number of rotatable bonds is 7. The monoisotopic (exact) mass is 755 g/mol. The van der Waals surface area contributed by atoms with E-state index in [2.05, 4.69) is 229 Å². The molecule has 0 aliphatic carbocycles. The first-order valence-electron chi connectivity index (χ1n) is 19.8. The van der Waals surface area contributed by atoms with E-state index in [0.29, 0.717) is 0 Å². The number of thiophene rings is 1. The van der Waals surface area contributed by atoms with Gasteiger partial charge in [-0.15, -0.1) is 11.3 Å². The molecule has 10 aromatic carbocycles. The predicted octanol–water partition coefficient (Wildman–Crippen LogP) is 16.5. The average Bonchev–Trinajstić information content (AvgIpc) is 3.67. The second-order valence-corrected chi connectivity index (χ2v) is 16.0.